The van der Waals surface area contributed by atoms with Gasteiger partial charge in [0.25, 0.3) is 5.91 Å². The van der Waals surface area contributed by atoms with Crippen LogP contribution in [0.5, 0.6) is 0 Å². The first-order valence-electron chi connectivity index (χ1n) is 7.56. The minimum Gasteiger partial charge on any atom is -0.338 e. The minimum absolute atomic E-state index is 0.0101. The number of rotatable bonds is 3. The van der Waals surface area contributed by atoms with Crippen molar-refractivity contribution in [2.24, 2.45) is 0 Å². The summed E-state index contributed by atoms with van der Waals surface area (Å²) in [5.74, 6) is -0.647. The third kappa shape index (κ3) is 3.31. The van der Waals surface area contributed by atoms with Crippen molar-refractivity contribution >= 4 is 15.7 Å². The van der Waals surface area contributed by atoms with E-state index in [0.29, 0.717) is 17.5 Å². The number of aromatic nitrogens is 1. The SMILES string of the molecule is CN(C(=O)c1cccc(-c2ncccc2F)c1)[C@H]1CCS(=O)(=O)C1. The minimum atomic E-state index is -3.07. The van der Waals surface area contributed by atoms with Crippen molar-refractivity contribution in [2.75, 3.05) is 18.6 Å². The summed E-state index contributed by atoms with van der Waals surface area (Å²) in [6.45, 7) is 0. The summed E-state index contributed by atoms with van der Waals surface area (Å²) in [7, 11) is -1.47. The van der Waals surface area contributed by atoms with Crippen LogP contribution in [0.25, 0.3) is 11.3 Å². The lowest BCUT2D eigenvalue weighted by atomic mass is 10.1. The highest BCUT2D eigenvalue weighted by Crippen LogP contribution is 2.23. The van der Waals surface area contributed by atoms with Gasteiger partial charge in [-0.1, -0.05) is 12.1 Å². The predicted octanol–water partition coefficient (Wildman–Crippen LogP) is 2.15. The topological polar surface area (TPSA) is 67.3 Å². The van der Waals surface area contributed by atoms with Crippen molar-refractivity contribution in [3.63, 3.8) is 0 Å². The fourth-order valence-corrected chi connectivity index (χ4v) is 4.62. The molecular formula is C17H17FN2O3S. The summed E-state index contributed by atoms with van der Waals surface area (Å²) in [4.78, 5) is 18.1. The summed E-state index contributed by atoms with van der Waals surface area (Å²) in [6, 6.07) is 9.05. The normalized spacial score (nSPS) is 19.2. The van der Waals surface area contributed by atoms with Gasteiger partial charge in [-0.25, -0.2) is 12.8 Å². The van der Waals surface area contributed by atoms with Gasteiger partial charge in [0.2, 0.25) is 0 Å². The van der Waals surface area contributed by atoms with E-state index in [4.69, 9.17) is 0 Å². The lowest BCUT2D eigenvalue weighted by Gasteiger charge is -2.23. The Kier molecular flexibility index (Phi) is 4.36. The molecule has 1 aromatic heterocycles. The number of hydrogen-bond donors (Lipinski definition) is 0. The van der Waals surface area contributed by atoms with Crippen LogP contribution in [0.4, 0.5) is 4.39 Å². The average Bonchev–Trinajstić information content (AvgIpc) is 2.94. The van der Waals surface area contributed by atoms with E-state index in [0.717, 1.165) is 0 Å². The summed E-state index contributed by atoms with van der Waals surface area (Å²) in [6.07, 6.45) is 1.93. The Morgan fingerprint density at radius 2 is 2.08 bits per heavy atom. The molecule has 1 atom stereocenters. The Balaban J connectivity index is 1.86. The largest absolute Gasteiger partial charge is 0.338 e. The highest BCUT2D eigenvalue weighted by atomic mass is 32.2. The van der Waals surface area contributed by atoms with Gasteiger partial charge in [0.15, 0.2) is 9.84 Å². The third-order valence-corrected chi connectivity index (χ3v) is 5.97. The first-order chi connectivity index (χ1) is 11.4. The Morgan fingerprint density at radius 3 is 2.75 bits per heavy atom. The van der Waals surface area contributed by atoms with Crippen LogP contribution in [0.2, 0.25) is 0 Å². The lowest BCUT2D eigenvalue weighted by molar-refractivity contribution is 0.0747. The molecule has 1 amide bonds. The van der Waals surface area contributed by atoms with Crippen molar-refractivity contribution in [3.05, 3.63) is 54.0 Å². The van der Waals surface area contributed by atoms with Gasteiger partial charge in [-0.2, -0.15) is 0 Å². The molecule has 24 heavy (non-hydrogen) atoms. The van der Waals surface area contributed by atoms with Crippen LogP contribution >= 0.6 is 0 Å². The standard InChI is InChI=1S/C17H17FN2O3S/c1-20(14-7-9-24(22,23)11-14)17(21)13-5-2-4-12(10-13)16-15(18)6-3-8-19-16/h2-6,8,10,14H,7,9,11H2,1H3/t14-/m0/s1. The maximum absolute atomic E-state index is 13.9. The van der Waals surface area contributed by atoms with Gasteiger partial charge in [-0.15, -0.1) is 0 Å². The van der Waals surface area contributed by atoms with Crippen LogP contribution in [0.3, 0.4) is 0 Å². The zero-order valence-corrected chi connectivity index (χ0v) is 14.0. The summed E-state index contributed by atoms with van der Waals surface area (Å²) in [5, 5.41) is 0. The molecule has 1 aromatic carbocycles. The average molecular weight is 348 g/mol. The fraction of sp³-hybridized carbons (Fsp3) is 0.294. The van der Waals surface area contributed by atoms with Gasteiger partial charge in [0.1, 0.15) is 11.5 Å². The third-order valence-electron chi connectivity index (χ3n) is 4.22. The van der Waals surface area contributed by atoms with Gasteiger partial charge in [-0.3, -0.25) is 9.78 Å². The Hall–Kier alpha value is -2.28. The van der Waals surface area contributed by atoms with E-state index in [1.54, 1.807) is 31.3 Å². The van der Waals surface area contributed by atoms with E-state index in [1.807, 2.05) is 0 Å². The van der Waals surface area contributed by atoms with Crippen molar-refractivity contribution < 1.29 is 17.6 Å². The van der Waals surface area contributed by atoms with Crippen LogP contribution in [-0.2, 0) is 9.84 Å². The van der Waals surface area contributed by atoms with Crippen molar-refractivity contribution in [3.8, 4) is 11.3 Å². The van der Waals surface area contributed by atoms with Crippen molar-refractivity contribution in [1.29, 1.82) is 0 Å². The molecule has 0 saturated carbocycles. The van der Waals surface area contributed by atoms with Crippen molar-refractivity contribution in [2.45, 2.75) is 12.5 Å². The Morgan fingerprint density at radius 1 is 1.29 bits per heavy atom. The molecule has 7 heteroatoms. The molecule has 3 rings (SSSR count). The van der Waals surface area contributed by atoms with Gasteiger partial charge in [-0.05, 0) is 30.7 Å². The molecule has 2 aromatic rings. The number of pyridine rings is 1. The van der Waals surface area contributed by atoms with Crippen LogP contribution in [0, 0.1) is 5.82 Å². The van der Waals surface area contributed by atoms with Gasteiger partial charge in [0, 0.05) is 30.4 Å². The molecule has 5 nitrogen and oxygen atoms in total. The molecule has 1 saturated heterocycles. The number of carbonyl (C=O) groups excluding carboxylic acids is 1. The Bertz CT molecular complexity index is 883. The second-order valence-electron chi connectivity index (χ2n) is 5.89. The smallest absolute Gasteiger partial charge is 0.253 e. The number of halogens is 1. The number of nitrogens with zero attached hydrogens (tertiary/aromatic N) is 2. The molecule has 126 valence electrons. The molecule has 2 heterocycles. The van der Waals surface area contributed by atoms with E-state index in [9.17, 15) is 17.6 Å². The molecule has 0 aliphatic carbocycles. The van der Waals surface area contributed by atoms with E-state index < -0.39 is 15.7 Å². The maximum atomic E-state index is 13.9. The number of carbonyl (C=O) groups is 1. The number of hydrogen-bond acceptors (Lipinski definition) is 4. The molecule has 1 aliphatic heterocycles. The lowest BCUT2D eigenvalue weighted by Crippen LogP contribution is -2.37. The van der Waals surface area contributed by atoms with E-state index in [1.165, 1.54) is 23.2 Å². The summed E-state index contributed by atoms with van der Waals surface area (Å²) in [5.41, 5.74) is 1.06. The molecule has 1 aliphatic rings. The first kappa shape index (κ1) is 16.6. The highest BCUT2D eigenvalue weighted by molar-refractivity contribution is 7.91. The molecule has 0 bridgehead atoms. The highest BCUT2D eigenvalue weighted by Gasteiger charge is 2.33. The molecule has 0 spiro atoms. The van der Waals surface area contributed by atoms with Gasteiger partial charge >= 0.3 is 0 Å². The van der Waals surface area contributed by atoms with Crippen LogP contribution in [0.15, 0.2) is 42.6 Å². The molecular weight excluding hydrogens is 331 g/mol. The zero-order chi connectivity index (χ0) is 17.3. The van der Waals surface area contributed by atoms with Crippen molar-refractivity contribution in [1.82, 2.24) is 9.88 Å². The van der Waals surface area contributed by atoms with E-state index >= 15 is 0 Å². The Labute approximate surface area is 140 Å². The van der Waals surface area contributed by atoms with Crippen LogP contribution in [0.1, 0.15) is 16.8 Å². The quantitative estimate of drug-likeness (QED) is 0.852. The second kappa shape index (κ2) is 6.32. The van der Waals surface area contributed by atoms with E-state index in [-0.39, 0.29) is 29.1 Å². The first-order valence-corrected chi connectivity index (χ1v) is 9.38. The maximum Gasteiger partial charge on any atom is 0.253 e. The second-order valence-corrected chi connectivity index (χ2v) is 8.12. The number of sulfone groups is 1. The molecule has 0 radical (unpaired) electrons. The molecule has 0 N–H and O–H groups in total. The van der Waals surface area contributed by atoms with Gasteiger partial charge < -0.3 is 4.90 Å². The molecule has 0 unspecified atom stereocenters. The van der Waals surface area contributed by atoms with E-state index in [2.05, 4.69) is 4.98 Å². The molecule has 1 fully saturated rings. The van der Waals surface area contributed by atoms with Crippen LogP contribution < -0.4 is 0 Å². The number of benzene rings is 1. The zero-order valence-electron chi connectivity index (χ0n) is 13.1. The fourth-order valence-electron chi connectivity index (χ4n) is 2.85. The van der Waals surface area contributed by atoms with Gasteiger partial charge in [0.05, 0.1) is 11.5 Å². The van der Waals surface area contributed by atoms with Crippen LogP contribution in [-0.4, -0.2) is 48.8 Å². The summed E-state index contributed by atoms with van der Waals surface area (Å²) < 4.78 is 37.1. The predicted molar refractivity (Wildman–Crippen MR) is 88.8 cm³/mol. The summed E-state index contributed by atoms with van der Waals surface area (Å²) >= 11 is 0. The monoisotopic (exact) mass is 348 g/mol. The number of amides is 1.